The second-order valence-corrected chi connectivity index (χ2v) is 20.4. The summed E-state index contributed by atoms with van der Waals surface area (Å²) in [4.78, 5) is 76.9. The third kappa shape index (κ3) is 49.9. The molecular weight excluding hydrogens is 1130 g/mol. The second-order valence-electron chi connectivity index (χ2n) is 13.9. The summed E-state index contributed by atoms with van der Waals surface area (Å²) in [5.41, 5.74) is 4.13. The summed E-state index contributed by atoms with van der Waals surface area (Å²) >= 11 is 0. The molecule has 15 nitrogen and oxygen atoms in total. The molecule has 4 aromatic rings. The maximum absolute atomic E-state index is 7.94. The van der Waals surface area contributed by atoms with Crippen molar-refractivity contribution < 1.29 is 71.2 Å². The van der Waals surface area contributed by atoms with Crippen molar-refractivity contribution in [2.75, 3.05) is 0 Å². The van der Waals surface area contributed by atoms with Gasteiger partial charge in [0.15, 0.2) is 0 Å². The van der Waals surface area contributed by atoms with Crippen LogP contribution in [0.2, 0.25) is 0 Å². The molecule has 0 amide bonds. The molecule has 0 aliphatic heterocycles. The topological polar surface area (TPSA) is 248 Å². The van der Waals surface area contributed by atoms with Gasteiger partial charge in [-0.05, 0) is 131 Å². The number of hydrogen-bond acceptors (Lipinski definition) is 15. The third-order valence-electron chi connectivity index (χ3n) is 7.50. The molecule has 4 aromatic carbocycles. The lowest BCUT2D eigenvalue weighted by Crippen LogP contribution is -2.53. The minimum atomic E-state index is -4.98. The minimum Gasteiger partial charge on any atom is -0.368 e. The van der Waals surface area contributed by atoms with Crippen LogP contribution in [-0.4, -0.2) is 84.1 Å². The van der Waals surface area contributed by atoms with E-state index in [2.05, 4.69) is 205 Å². The van der Waals surface area contributed by atoms with Crippen molar-refractivity contribution in [3.05, 3.63) is 144 Å². The first-order valence-corrected chi connectivity index (χ1v) is 29.8. The Balaban J connectivity index is 0. The molecule has 0 heterocycles. The van der Waals surface area contributed by atoms with Gasteiger partial charge < -0.3 is 69.8 Å². The predicted octanol–water partition coefficient (Wildman–Crippen LogP) is 1.47. The van der Waals surface area contributed by atoms with Gasteiger partial charge in [0, 0.05) is 96.2 Å². The van der Waals surface area contributed by atoms with Crippen LogP contribution in [0.1, 0.15) is 45.0 Å². The highest BCUT2D eigenvalue weighted by Gasteiger charge is 2.47. The van der Waals surface area contributed by atoms with Crippen molar-refractivity contribution in [2.45, 2.75) is 47.7 Å². The van der Waals surface area contributed by atoms with Gasteiger partial charge in [-0.3, -0.25) is 0 Å². The van der Waals surface area contributed by atoms with Gasteiger partial charge >= 0.3 is 36.2 Å². The van der Waals surface area contributed by atoms with Crippen LogP contribution in [0.4, 0.5) is 0 Å². The molecule has 0 aliphatic carbocycles. The van der Waals surface area contributed by atoms with Gasteiger partial charge in [0.1, 0.15) is 0 Å². The van der Waals surface area contributed by atoms with Crippen molar-refractivity contribution in [3.8, 4) is 201 Å². The van der Waals surface area contributed by atoms with E-state index in [0.717, 1.165) is 22.3 Å². The molecule has 0 aliphatic rings. The molecule has 0 spiro atoms. The summed E-state index contributed by atoms with van der Waals surface area (Å²) in [6.45, 7) is 4.74. The number of rotatable bonds is 14. The van der Waals surface area contributed by atoms with Crippen LogP contribution >= 0.6 is 0 Å². The monoisotopic (exact) mass is 1180 g/mol. The summed E-state index contributed by atoms with van der Waals surface area (Å²) in [5, 5.41) is 0. The zero-order valence-corrected chi connectivity index (χ0v) is 47.9. The van der Waals surface area contributed by atoms with Gasteiger partial charge in [-0.2, -0.15) is 0 Å². The fraction of sp³-hybridized carbons (Fsp3) is 0.108. The summed E-state index contributed by atoms with van der Waals surface area (Å²) in [7, 11) is -18.1. The molecule has 0 fully saturated rings. The molecule has 0 saturated heterocycles. The zero-order valence-electron chi connectivity index (χ0n) is 43.9. The summed E-state index contributed by atoms with van der Waals surface area (Å²) < 4.78 is 28.6. The first-order chi connectivity index (χ1) is 39.9. The fourth-order valence-corrected chi connectivity index (χ4v) is 7.82. The standard InChI is InChI=1S/C36H6.C28H28O4Si.CH4.H6O7Si2.H4O4Si.H2/c1-3-5-7-9-11-13-15-17-19-21-23-25-27-29-31-33-35-36-34-32-30-28-26-24-22-20-18-16-14-12-10-8-6-4-2;1-5-13-25(14-6-1)21-29-33(30-22-26-15-7-2-8-16-26,31-23-27-17-9-3-10-18-27)32-24-28-19-11-4-12-20-28;;1-8(2,3)7-9(4,5)6;1-5(2,3)4;/h1-2H3;1-20H,21-24H2;1H4;1-6H;1-4H;1H. The van der Waals surface area contributed by atoms with Crippen molar-refractivity contribution in [1.82, 2.24) is 0 Å². The molecule has 19 heteroatoms. The maximum Gasteiger partial charge on any atom is 0.680 e. The highest BCUT2D eigenvalue weighted by atomic mass is 28.5. The lowest BCUT2D eigenvalue weighted by molar-refractivity contribution is -0.0521. The van der Waals surface area contributed by atoms with E-state index < -0.39 is 36.2 Å². The van der Waals surface area contributed by atoms with Crippen LogP contribution in [0.3, 0.4) is 0 Å². The molecule has 0 aromatic heterocycles. The Kier molecular flexibility index (Phi) is 41.6. The van der Waals surface area contributed by atoms with Crippen molar-refractivity contribution in [3.63, 3.8) is 0 Å². The SMILES string of the molecule is C.CC#CC#CC#CC#CC#CC#CC#CC#CC#CC#CC#CC#CC#CC#CC#CC#CC#CC.O[Si](O)(O)O.O[Si](O)(O)O[Si](O)(O)O.[HH].c1ccc(CO[Si](OCc2ccccc2)(OCc2ccccc2)OCc2ccccc2)cc1. The van der Waals surface area contributed by atoms with Crippen LogP contribution in [-0.2, 0) is 48.2 Å². The largest absolute Gasteiger partial charge is 0.680 e. The predicted molar refractivity (Wildman–Crippen MR) is 324 cm³/mol. The zero-order chi connectivity index (χ0) is 60.9. The van der Waals surface area contributed by atoms with E-state index in [9.17, 15) is 0 Å². The third-order valence-corrected chi connectivity index (χ3v) is 11.7. The summed E-state index contributed by atoms with van der Waals surface area (Å²) in [6.07, 6.45) is 0. The Morgan fingerprint density at radius 3 is 0.536 bits per heavy atom. The Hall–Kier alpha value is -10.3. The van der Waals surface area contributed by atoms with E-state index in [1.165, 1.54) is 0 Å². The molecule has 0 saturated carbocycles. The van der Waals surface area contributed by atoms with E-state index in [-0.39, 0.29) is 8.85 Å². The second kappa shape index (κ2) is 47.5. The smallest absolute Gasteiger partial charge is 0.368 e. The van der Waals surface area contributed by atoms with Crippen molar-refractivity contribution in [2.24, 2.45) is 0 Å². The molecule has 10 N–H and O–H groups in total. The normalized spacial score (nSPS) is 8.38. The first-order valence-electron chi connectivity index (χ1n) is 22.9. The molecule has 416 valence electrons. The molecule has 0 unspecified atom stereocenters. The Bertz CT molecular complexity index is 3540. The quantitative estimate of drug-likeness (QED) is 0.0635. The van der Waals surface area contributed by atoms with Gasteiger partial charge in [0.05, 0.1) is 26.4 Å². The average Bonchev–Trinajstić information content (AvgIpc) is 3.65. The molecule has 84 heavy (non-hydrogen) atoms. The van der Waals surface area contributed by atoms with Crippen LogP contribution in [0, 0.1) is 201 Å². The lowest BCUT2D eigenvalue weighted by Gasteiger charge is -2.28. The molecular formula is C65H50O15Si4. The van der Waals surface area contributed by atoms with Crippen LogP contribution in [0.15, 0.2) is 121 Å². The molecule has 4 rings (SSSR count). The maximum atomic E-state index is 7.94. The Morgan fingerprint density at radius 2 is 0.417 bits per heavy atom. The van der Waals surface area contributed by atoms with Crippen molar-refractivity contribution >= 4 is 36.2 Å². The first kappa shape index (κ1) is 73.7. The van der Waals surface area contributed by atoms with E-state index in [1.807, 2.05) is 121 Å². The summed E-state index contributed by atoms with van der Waals surface area (Å²) in [6, 6.07) is 40.0. The molecule has 0 atom stereocenters. The Morgan fingerprint density at radius 1 is 0.274 bits per heavy atom. The van der Waals surface area contributed by atoms with Gasteiger partial charge in [0.25, 0.3) is 0 Å². The highest BCUT2D eigenvalue weighted by Crippen LogP contribution is 2.21. The molecule has 0 radical (unpaired) electrons. The lowest BCUT2D eigenvalue weighted by atomic mass is 10.2. The van der Waals surface area contributed by atoms with E-state index >= 15 is 0 Å². The van der Waals surface area contributed by atoms with E-state index in [0.29, 0.717) is 26.4 Å². The van der Waals surface area contributed by atoms with Gasteiger partial charge in [0.2, 0.25) is 0 Å². The fourth-order valence-electron chi connectivity index (χ4n) is 4.48. The highest BCUT2D eigenvalue weighted by molar-refractivity contribution is 6.63. The molecule has 0 bridgehead atoms. The van der Waals surface area contributed by atoms with E-state index in [4.69, 9.17) is 65.7 Å². The van der Waals surface area contributed by atoms with Crippen LogP contribution in [0.25, 0.3) is 0 Å². The minimum absolute atomic E-state index is 0. The van der Waals surface area contributed by atoms with E-state index in [1.54, 1.807) is 13.8 Å². The average molecular weight is 1180 g/mol. The number of benzene rings is 4. The van der Waals surface area contributed by atoms with Gasteiger partial charge in [-0.25, -0.2) is 0 Å². The van der Waals surface area contributed by atoms with Crippen LogP contribution in [0.5, 0.6) is 0 Å². The van der Waals surface area contributed by atoms with Crippen molar-refractivity contribution in [1.29, 1.82) is 0 Å². The number of hydrogen-bond donors (Lipinski definition) is 10. The van der Waals surface area contributed by atoms with Gasteiger partial charge in [-0.15, -0.1) is 0 Å². The Labute approximate surface area is 497 Å². The summed E-state index contributed by atoms with van der Waals surface area (Å²) in [5.74, 6) is 85.6. The van der Waals surface area contributed by atoms with Gasteiger partial charge in [-0.1, -0.05) is 141 Å². The van der Waals surface area contributed by atoms with Crippen LogP contribution < -0.4 is 0 Å².